The van der Waals surface area contributed by atoms with Gasteiger partial charge in [0.1, 0.15) is 11.5 Å². The van der Waals surface area contributed by atoms with Crippen molar-refractivity contribution in [1.29, 1.82) is 0 Å². The van der Waals surface area contributed by atoms with E-state index in [9.17, 15) is 19.5 Å². The number of carbonyl (C=O) groups is 3. The largest absolute Gasteiger partial charge is 0.549 e. The van der Waals surface area contributed by atoms with E-state index in [0.29, 0.717) is 24.2 Å². The van der Waals surface area contributed by atoms with Crippen LogP contribution in [0.1, 0.15) is 35.2 Å². The van der Waals surface area contributed by atoms with E-state index in [1.54, 1.807) is 19.2 Å². The van der Waals surface area contributed by atoms with Crippen LogP contribution in [0.15, 0.2) is 18.2 Å². The van der Waals surface area contributed by atoms with Gasteiger partial charge in [0.25, 0.3) is 0 Å². The molecule has 0 radical (unpaired) electrons. The number of carboxylic acids is 1. The van der Waals surface area contributed by atoms with E-state index in [0.717, 1.165) is 5.56 Å². The molecule has 5 heteroatoms. The summed E-state index contributed by atoms with van der Waals surface area (Å²) in [7, 11) is 1.56. The van der Waals surface area contributed by atoms with Gasteiger partial charge in [-0.15, -0.1) is 0 Å². The number of carbonyl (C=O) groups excluding carboxylic acids is 3. The molecule has 2 aliphatic rings. The van der Waals surface area contributed by atoms with Gasteiger partial charge in [-0.3, -0.25) is 9.59 Å². The Hall–Kier alpha value is -2.17. The van der Waals surface area contributed by atoms with Crippen LogP contribution in [-0.4, -0.2) is 24.6 Å². The van der Waals surface area contributed by atoms with Crippen LogP contribution < -0.4 is 9.84 Å². The molecular weight excluding hydrogens is 272 g/mol. The molecule has 0 heterocycles. The van der Waals surface area contributed by atoms with Crippen LogP contribution in [0.5, 0.6) is 5.75 Å². The lowest BCUT2D eigenvalue weighted by molar-refractivity contribution is -0.311. The molecule has 1 spiro atoms. The molecule has 1 saturated carbocycles. The second-order valence-electron chi connectivity index (χ2n) is 5.85. The second kappa shape index (κ2) is 4.69. The Morgan fingerprint density at radius 1 is 1.38 bits per heavy atom. The van der Waals surface area contributed by atoms with E-state index in [1.807, 2.05) is 6.07 Å². The third kappa shape index (κ3) is 2.04. The Bertz CT molecular complexity index is 648. The number of fused-ring (bicyclic) bond motifs is 1. The number of hydrogen-bond donors (Lipinski definition) is 0. The van der Waals surface area contributed by atoms with Crippen molar-refractivity contribution in [2.24, 2.45) is 11.3 Å². The van der Waals surface area contributed by atoms with Gasteiger partial charge in [-0.1, -0.05) is 0 Å². The van der Waals surface area contributed by atoms with Gasteiger partial charge in [0.05, 0.1) is 19.0 Å². The number of ketones is 2. The first kappa shape index (κ1) is 13.8. The molecule has 0 saturated heterocycles. The van der Waals surface area contributed by atoms with Crippen LogP contribution in [0, 0.1) is 11.3 Å². The number of hydrogen-bond acceptors (Lipinski definition) is 5. The van der Waals surface area contributed by atoms with E-state index in [1.165, 1.54) is 0 Å². The molecule has 2 atom stereocenters. The van der Waals surface area contributed by atoms with Crippen LogP contribution in [0.4, 0.5) is 0 Å². The zero-order chi connectivity index (χ0) is 15.2. The van der Waals surface area contributed by atoms with Crippen molar-refractivity contribution < 1.29 is 24.2 Å². The number of methoxy groups -OCH3 is 1. The molecule has 0 amide bonds. The summed E-state index contributed by atoms with van der Waals surface area (Å²) in [5, 5.41) is 11.1. The Labute approximate surface area is 121 Å². The maximum Gasteiger partial charge on any atom is 0.169 e. The van der Waals surface area contributed by atoms with E-state index in [-0.39, 0.29) is 24.4 Å². The van der Waals surface area contributed by atoms with E-state index < -0.39 is 17.3 Å². The van der Waals surface area contributed by atoms with E-state index in [2.05, 4.69) is 0 Å². The average molecular weight is 287 g/mol. The van der Waals surface area contributed by atoms with Crippen molar-refractivity contribution >= 4 is 17.5 Å². The van der Waals surface area contributed by atoms with Crippen molar-refractivity contribution in [3.8, 4) is 5.75 Å². The number of carboxylic acid groups (broad SMARTS) is 1. The van der Waals surface area contributed by atoms with Crippen molar-refractivity contribution in [1.82, 2.24) is 0 Å². The van der Waals surface area contributed by atoms with Gasteiger partial charge in [0, 0.05) is 17.4 Å². The van der Waals surface area contributed by atoms with Crippen LogP contribution in [-0.2, 0) is 16.0 Å². The van der Waals surface area contributed by atoms with E-state index in [4.69, 9.17) is 4.74 Å². The third-order valence-corrected chi connectivity index (χ3v) is 4.69. The molecular formula is C16H15O5-. The third-order valence-electron chi connectivity index (χ3n) is 4.69. The molecule has 1 aromatic carbocycles. The summed E-state index contributed by atoms with van der Waals surface area (Å²) in [4.78, 5) is 35.5. The Morgan fingerprint density at radius 3 is 2.81 bits per heavy atom. The van der Waals surface area contributed by atoms with Gasteiger partial charge in [-0.25, -0.2) is 0 Å². The van der Waals surface area contributed by atoms with Crippen molar-refractivity contribution in [3.05, 3.63) is 29.3 Å². The molecule has 0 unspecified atom stereocenters. The maximum absolute atomic E-state index is 12.7. The smallest absolute Gasteiger partial charge is 0.169 e. The second-order valence-corrected chi connectivity index (χ2v) is 5.85. The van der Waals surface area contributed by atoms with Crippen LogP contribution >= 0.6 is 0 Å². The highest BCUT2D eigenvalue weighted by molar-refractivity contribution is 6.07. The van der Waals surface area contributed by atoms with Crippen LogP contribution in [0.3, 0.4) is 0 Å². The molecule has 110 valence electrons. The average Bonchev–Trinajstić information content (AvgIpc) is 2.73. The molecule has 0 aromatic heterocycles. The zero-order valence-electron chi connectivity index (χ0n) is 11.7. The molecule has 0 aliphatic heterocycles. The highest BCUT2D eigenvalue weighted by atomic mass is 16.5. The number of rotatable bonds is 2. The Balaban J connectivity index is 1.96. The molecule has 1 fully saturated rings. The zero-order valence-corrected chi connectivity index (χ0v) is 11.7. The first-order chi connectivity index (χ1) is 9.97. The van der Waals surface area contributed by atoms with Crippen molar-refractivity contribution in [2.75, 3.05) is 7.11 Å². The topological polar surface area (TPSA) is 83.5 Å². The number of ether oxygens (including phenoxy) is 1. The maximum atomic E-state index is 12.7. The minimum atomic E-state index is -1.37. The monoisotopic (exact) mass is 287 g/mol. The fourth-order valence-electron chi connectivity index (χ4n) is 3.52. The standard InChI is InChI=1S/C16H16O5/c1-21-10-2-3-11-9(6-10)7-16(14(11)18)5-4-13(17)12(8-16)15(19)20/h2-3,6,12H,4-5,7-8H2,1H3,(H,19,20)/p-1/t12-,16+/m1/s1. The fourth-order valence-corrected chi connectivity index (χ4v) is 3.52. The summed E-state index contributed by atoms with van der Waals surface area (Å²) < 4.78 is 5.16. The first-order valence-electron chi connectivity index (χ1n) is 6.92. The van der Waals surface area contributed by atoms with Gasteiger partial charge in [-0.2, -0.15) is 0 Å². The molecule has 0 N–H and O–H groups in total. The highest BCUT2D eigenvalue weighted by Gasteiger charge is 2.50. The predicted octanol–water partition coefficient (Wildman–Crippen LogP) is 0.539. The summed E-state index contributed by atoms with van der Waals surface area (Å²) in [6.07, 6.45) is 1.04. The summed E-state index contributed by atoms with van der Waals surface area (Å²) >= 11 is 0. The lowest BCUT2D eigenvalue weighted by Gasteiger charge is -2.36. The minimum absolute atomic E-state index is 0.0456. The minimum Gasteiger partial charge on any atom is -0.549 e. The van der Waals surface area contributed by atoms with Crippen LogP contribution in [0.25, 0.3) is 0 Å². The fraction of sp³-hybridized carbons (Fsp3) is 0.438. The molecule has 0 bridgehead atoms. The molecule has 2 aliphatic carbocycles. The lowest BCUT2D eigenvalue weighted by atomic mass is 9.67. The van der Waals surface area contributed by atoms with Gasteiger partial charge >= 0.3 is 0 Å². The normalized spacial score (nSPS) is 27.8. The van der Waals surface area contributed by atoms with Crippen LogP contribution in [0.2, 0.25) is 0 Å². The summed E-state index contributed by atoms with van der Waals surface area (Å²) in [5.41, 5.74) is 0.709. The molecule has 5 nitrogen and oxygen atoms in total. The van der Waals surface area contributed by atoms with Gasteiger partial charge < -0.3 is 14.6 Å². The van der Waals surface area contributed by atoms with E-state index >= 15 is 0 Å². The van der Waals surface area contributed by atoms with Crippen molar-refractivity contribution in [2.45, 2.75) is 25.7 Å². The van der Waals surface area contributed by atoms with Gasteiger partial charge in [0.15, 0.2) is 5.78 Å². The molecule has 1 aromatic rings. The number of aliphatic carboxylic acids is 1. The first-order valence-corrected chi connectivity index (χ1v) is 6.92. The number of Topliss-reactive ketones (excluding diaryl/α,β-unsaturated/α-hetero) is 2. The predicted molar refractivity (Wildman–Crippen MR) is 70.8 cm³/mol. The lowest BCUT2D eigenvalue weighted by Crippen LogP contribution is -2.46. The molecule has 3 rings (SSSR count). The summed E-state index contributed by atoms with van der Waals surface area (Å²) in [6.45, 7) is 0. The number of benzene rings is 1. The quantitative estimate of drug-likeness (QED) is 0.741. The Morgan fingerprint density at radius 2 is 2.14 bits per heavy atom. The van der Waals surface area contributed by atoms with Gasteiger partial charge in [-0.05, 0) is 43.0 Å². The summed E-state index contributed by atoms with van der Waals surface area (Å²) in [5.74, 6) is -2.26. The van der Waals surface area contributed by atoms with Gasteiger partial charge in [0.2, 0.25) is 0 Å². The Kier molecular flexibility index (Phi) is 3.08. The molecule has 21 heavy (non-hydrogen) atoms. The highest BCUT2D eigenvalue weighted by Crippen LogP contribution is 2.48. The van der Waals surface area contributed by atoms with Crippen molar-refractivity contribution in [3.63, 3.8) is 0 Å². The summed E-state index contributed by atoms with van der Waals surface area (Å²) in [6, 6.07) is 5.25. The SMILES string of the molecule is COc1ccc2c(c1)C[C@]1(CCC(=O)[C@H](C(=O)[O-])C1)C2=O.